The molecule has 2 saturated carbocycles. The van der Waals surface area contributed by atoms with E-state index in [1.54, 1.807) is 24.5 Å². The highest BCUT2D eigenvalue weighted by Gasteiger charge is 2.48. The molecule has 170 valence electrons. The molecule has 0 spiro atoms. The molecule has 0 aliphatic heterocycles. The van der Waals surface area contributed by atoms with Crippen molar-refractivity contribution in [3.63, 3.8) is 0 Å². The molecular weight excluding hydrogens is 427 g/mol. The van der Waals surface area contributed by atoms with Crippen molar-refractivity contribution in [3.05, 3.63) is 60.2 Å². The first-order valence-corrected chi connectivity index (χ1v) is 12.8. The highest BCUT2D eigenvalue weighted by molar-refractivity contribution is 7.89. The summed E-state index contributed by atoms with van der Waals surface area (Å²) in [6, 6.07) is 8.88. The number of rotatable bonds is 4. The van der Waals surface area contributed by atoms with Crippen LogP contribution in [0.1, 0.15) is 63.4 Å². The Morgan fingerprint density at radius 1 is 1.03 bits per heavy atom. The van der Waals surface area contributed by atoms with E-state index in [-0.39, 0.29) is 10.9 Å². The van der Waals surface area contributed by atoms with E-state index in [0.29, 0.717) is 38.5 Å². The van der Waals surface area contributed by atoms with Crippen molar-refractivity contribution < 1.29 is 17.9 Å². The smallest absolute Gasteiger partial charge is 0.247 e. The van der Waals surface area contributed by atoms with Crippen LogP contribution in [0.4, 0.5) is 4.39 Å². The number of sulfonamides is 1. The SMILES string of the molecule is O=S(=O)(c1ccccc1F)N(C1CCC(O)CC1)C1(C#Cc2cccnc2)CCCCC1. The number of aromatic nitrogens is 1. The van der Waals surface area contributed by atoms with Crippen molar-refractivity contribution in [1.29, 1.82) is 0 Å². The average Bonchev–Trinajstić information content (AvgIpc) is 2.81. The summed E-state index contributed by atoms with van der Waals surface area (Å²) in [5, 5.41) is 10.0. The van der Waals surface area contributed by atoms with Crippen LogP contribution in [-0.4, -0.2) is 40.5 Å². The molecule has 0 atom stereocenters. The van der Waals surface area contributed by atoms with Crippen molar-refractivity contribution in [2.45, 2.75) is 80.4 Å². The molecule has 5 nitrogen and oxygen atoms in total. The van der Waals surface area contributed by atoms with Gasteiger partial charge in [0.25, 0.3) is 0 Å². The fourth-order valence-corrected chi connectivity index (χ4v) is 7.06. The predicted molar refractivity (Wildman–Crippen MR) is 121 cm³/mol. The van der Waals surface area contributed by atoms with E-state index in [4.69, 9.17) is 0 Å². The molecule has 2 aliphatic carbocycles. The number of halogens is 1. The van der Waals surface area contributed by atoms with E-state index in [0.717, 1.165) is 24.8 Å². The standard InChI is InChI=1S/C25H29FN2O3S/c26-23-8-2-3-9-24(23)32(30,31)28(21-10-12-22(29)13-11-21)25(15-4-1-5-16-25)17-14-20-7-6-18-27-19-20/h2-3,6-9,18-19,21-22,29H,1,4-5,10-13,15-16H2. The number of nitrogens with zero attached hydrogens (tertiary/aromatic N) is 2. The minimum atomic E-state index is -4.15. The van der Waals surface area contributed by atoms with Gasteiger partial charge in [-0.2, -0.15) is 4.31 Å². The summed E-state index contributed by atoms with van der Waals surface area (Å²) in [6.07, 6.45) is 8.98. The van der Waals surface area contributed by atoms with Crippen molar-refractivity contribution >= 4 is 10.0 Å². The summed E-state index contributed by atoms with van der Waals surface area (Å²) in [7, 11) is -4.15. The van der Waals surface area contributed by atoms with E-state index >= 15 is 0 Å². The number of hydrogen-bond donors (Lipinski definition) is 1. The van der Waals surface area contributed by atoms with Crippen molar-refractivity contribution in [2.24, 2.45) is 0 Å². The second-order valence-electron chi connectivity index (χ2n) is 8.78. The monoisotopic (exact) mass is 456 g/mol. The second kappa shape index (κ2) is 9.70. The molecule has 0 saturated heterocycles. The summed E-state index contributed by atoms with van der Waals surface area (Å²) in [4.78, 5) is 3.80. The molecule has 1 aromatic heterocycles. The van der Waals surface area contributed by atoms with Crippen LogP contribution < -0.4 is 0 Å². The van der Waals surface area contributed by atoms with E-state index in [1.165, 1.54) is 22.5 Å². The van der Waals surface area contributed by atoms with Crippen LogP contribution in [0, 0.1) is 17.7 Å². The molecule has 0 radical (unpaired) electrons. The Labute approximate surface area is 189 Å². The summed E-state index contributed by atoms with van der Waals surface area (Å²) >= 11 is 0. The minimum Gasteiger partial charge on any atom is -0.393 e. The van der Waals surface area contributed by atoms with Gasteiger partial charge in [-0.25, -0.2) is 12.8 Å². The Kier molecular flexibility index (Phi) is 6.94. The molecule has 2 aromatic rings. The summed E-state index contributed by atoms with van der Waals surface area (Å²) in [6.45, 7) is 0. The zero-order valence-electron chi connectivity index (χ0n) is 18.1. The van der Waals surface area contributed by atoms with Crippen LogP contribution in [0.5, 0.6) is 0 Å². The van der Waals surface area contributed by atoms with Crippen molar-refractivity contribution in [1.82, 2.24) is 9.29 Å². The molecule has 2 fully saturated rings. The number of benzene rings is 1. The molecule has 7 heteroatoms. The Bertz CT molecular complexity index is 1080. The van der Waals surface area contributed by atoms with Gasteiger partial charge < -0.3 is 5.11 Å². The third-order valence-electron chi connectivity index (χ3n) is 6.58. The Hall–Kier alpha value is -2.27. The maximum Gasteiger partial charge on any atom is 0.247 e. The Morgan fingerprint density at radius 2 is 1.75 bits per heavy atom. The summed E-state index contributed by atoms with van der Waals surface area (Å²) in [5.41, 5.74) is -0.193. The number of hydrogen-bond acceptors (Lipinski definition) is 4. The molecule has 1 N–H and O–H groups in total. The quantitative estimate of drug-likeness (QED) is 0.698. The van der Waals surface area contributed by atoms with Gasteiger partial charge in [0.1, 0.15) is 10.7 Å². The molecule has 32 heavy (non-hydrogen) atoms. The van der Waals surface area contributed by atoms with E-state index in [2.05, 4.69) is 16.8 Å². The van der Waals surface area contributed by atoms with Crippen molar-refractivity contribution in [2.75, 3.05) is 0 Å². The molecule has 0 bridgehead atoms. The van der Waals surface area contributed by atoms with Crippen LogP contribution in [-0.2, 0) is 10.0 Å². The Balaban J connectivity index is 1.84. The highest BCUT2D eigenvalue weighted by atomic mass is 32.2. The van der Waals surface area contributed by atoms with Gasteiger partial charge >= 0.3 is 0 Å². The van der Waals surface area contributed by atoms with E-state index < -0.39 is 27.5 Å². The first-order valence-electron chi connectivity index (χ1n) is 11.3. The maximum absolute atomic E-state index is 14.7. The van der Waals surface area contributed by atoms with Gasteiger partial charge in [0.05, 0.1) is 11.6 Å². The van der Waals surface area contributed by atoms with Crippen LogP contribution in [0.25, 0.3) is 0 Å². The van der Waals surface area contributed by atoms with Gasteiger partial charge in [0.15, 0.2) is 0 Å². The zero-order valence-corrected chi connectivity index (χ0v) is 18.9. The average molecular weight is 457 g/mol. The fourth-order valence-electron chi connectivity index (χ4n) is 4.99. The third-order valence-corrected chi connectivity index (χ3v) is 8.63. The van der Waals surface area contributed by atoms with Gasteiger partial charge in [-0.15, -0.1) is 0 Å². The van der Waals surface area contributed by atoms with Gasteiger partial charge in [-0.05, 0) is 62.8 Å². The second-order valence-corrected chi connectivity index (χ2v) is 10.6. The van der Waals surface area contributed by atoms with Gasteiger partial charge in [0.2, 0.25) is 10.0 Å². The fraction of sp³-hybridized carbons (Fsp3) is 0.480. The highest BCUT2D eigenvalue weighted by Crippen LogP contribution is 2.42. The van der Waals surface area contributed by atoms with Gasteiger partial charge in [-0.1, -0.05) is 43.2 Å². The van der Waals surface area contributed by atoms with Crippen LogP contribution in [0.2, 0.25) is 0 Å². The number of aliphatic hydroxyl groups excluding tert-OH is 1. The Morgan fingerprint density at radius 3 is 2.41 bits per heavy atom. The lowest BCUT2D eigenvalue weighted by molar-refractivity contribution is 0.0667. The molecule has 0 unspecified atom stereocenters. The van der Waals surface area contributed by atoms with E-state index in [1.807, 2.05) is 6.07 Å². The first kappa shape index (κ1) is 22.9. The predicted octanol–water partition coefficient (Wildman–Crippen LogP) is 4.27. The molecule has 4 rings (SSSR count). The number of pyridine rings is 1. The first-order chi connectivity index (χ1) is 15.4. The largest absolute Gasteiger partial charge is 0.393 e. The van der Waals surface area contributed by atoms with Crippen LogP contribution in [0.15, 0.2) is 53.7 Å². The molecular formula is C25H29FN2O3S. The maximum atomic E-state index is 14.7. The summed E-state index contributed by atoms with van der Waals surface area (Å²) in [5.74, 6) is 5.74. The third kappa shape index (κ3) is 4.73. The molecule has 1 aromatic carbocycles. The normalized spacial score (nSPS) is 23.3. The number of aliphatic hydroxyl groups is 1. The molecule has 0 amide bonds. The lowest BCUT2D eigenvalue weighted by Gasteiger charge is -2.47. The van der Waals surface area contributed by atoms with E-state index in [9.17, 15) is 17.9 Å². The minimum absolute atomic E-state index is 0.306. The summed E-state index contributed by atoms with van der Waals surface area (Å²) < 4.78 is 44.2. The lowest BCUT2D eigenvalue weighted by atomic mass is 9.80. The topological polar surface area (TPSA) is 70.5 Å². The molecule has 2 aliphatic rings. The molecule has 1 heterocycles. The van der Waals surface area contributed by atoms with Gasteiger partial charge in [-0.3, -0.25) is 4.98 Å². The lowest BCUT2D eigenvalue weighted by Crippen LogP contribution is -2.57. The zero-order chi connectivity index (χ0) is 22.6. The van der Waals surface area contributed by atoms with Crippen molar-refractivity contribution in [3.8, 4) is 11.8 Å². The van der Waals surface area contributed by atoms with Crippen LogP contribution >= 0.6 is 0 Å². The van der Waals surface area contributed by atoms with Gasteiger partial charge in [0, 0.05) is 24.0 Å². The van der Waals surface area contributed by atoms with Crippen LogP contribution in [0.3, 0.4) is 0 Å².